The van der Waals surface area contributed by atoms with Crippen molar-refractivity contribution < 1.29 is 8.78 Å². The van der Waals surface area contributed by atoms with Gasteiger partial charge in [0, 0.05) is 6.07 Å². The maximum atomic E-state index is 13.4. The topological polar surface area (TPSA) is 34.9 Å². The molecule has 0 unspecified atom stereocenters. The first-order valence-corrected chi connectivity index (χ1v) is 5.15. The molecular weight excluding hydrogens is 273 g/mol. The van der Waals surface area contributed by atoms with Gasteiger partial charge in [0.1, 0.15) is 16.5 Å². The zero-order chi connectivity index (χ0) is 12.6. The van der Waals surface area contributed by atoms with Gasteiger partial charge >= 0.3 is 0 Å². The van der Waals surface area contributed by atoms with Crippen molar-refractivity contribution in [1.29, 1.82) is 0 Å². The molecule has 0 fully saturated rings. The predicted octanol–water partition coefficient (Wildman–Crippen LogP) is 2.82. The molecule has 0 saturated carbocycles. The van der Waals surface area contributed by atoms with Gasteiger partial charge in [0.15, 0.2) is 5.82 Å². The average molecular weight is 277 g/mol. The number of aromatic nitrogens is 2. The summed E-state index contributed by atoms with van der Waals surface area (Å²) in [4.78, 5) is 11.7. The molecule has 7 heteroatoms. The third-order valence-electron chi connectivity index (χ3n) is 2.01. The summed E-state index contributed by atoms with van der Waals surface area (Å²) >= 11 is 11.2. The summed E-state index contributed by atoms with van der Waals surface area (Å²) < 4.78 is 26.9. The zero-order valence-electron chi connectivity index (χ0n) is 8.12. The van der Waals surface area contributed by atoms with Crippen molar-refractivity contribution in [1.82, 2.24) is 9.78 Å². The molecule has 1 heterocycles. The van der Waals surface area contributed by atoms with E-state index in [0.29, 0.717) is 10.7 Å². The van der Waals surface area contributed by atoms with Crippen LogP contribution in [0.4, 0.5) is 8.78 Å². The van der Waals surface area contributed by atoms with Crippen molar-refractivity contribution in [3.63, 3.8) is 0 Å². The Balaban J connectivity index is 2.70. The number of halogens is 4. The van der Waals surface area contributed by atoms with Crippen molar-refractivity contribution in [2.24, 2.45) is 0 Å². The highest BCUT2D eigenvalue weighted by Gasteiger charge is 2.12. The molecule has 1 aromatic carbocycles. The summed E-state index contributed by atoms with van der Waals surface area (Å²) in [7, 11) is 0. The van der Waals surface area contributed by atoms with Gasteiger partial charge in [-0.3, -0.25) is 4.79 Å². The van der Waals surface area contributed by atoms with Crippen LogP contribution in [0.5, 0.6) is 0 Å². The van der Waals surface area contributed by atoms with E-state index in [1.807, 2.05) is 0 Å². The molecule has 0 spiro atoms. The molecule has 0 radical (unpaired) electrons. The molecule has 0 atom stereocenters. The lowest BCUT2D eigenvalue weighted by Crippen LogP contribution is -2.22. The molecule has 0 bridgehead atoms. The van der Waals surface area contributed by atoms with Gasteiger partial charge in [0.25, 0.3) is 5.56 Å². The first-order chi connectivity index (χ1) is 8.00. The van der Waals surface area contributed by atoms with E-state index < -0.39 is 17.2 Å². The fraction of sp³-hybridized carbons (Fsp3) is 0. The first kappa shape index (κ1) is 12.0. The van der Waals surface area contributed by atoms with Crippen LogP contribution < -0.4 is 5.56 Å². The minimum atomic E-state index is -0.919. The molecule has 0 aliphatic carbocycles. The van der Waals surface area contributed by atoms with Gasteiger partial charge in [0.05, 0.1) is 11.2 Å². The maximum absolute atomic E-state index is 13.4. The summed E-state index contributed by atoms with van der Waals surface area (Å²) in [5.41, 5.74) is -0.973. The maximum Gasteiger partial charge on any atom is 0.291 e. The molecule has 2 rings (SSSR count). The standard InChI is InChI=1S/C10H4Cl2F2N2O/c11-6-4-15-16(10(17)9(6)12)8-2-1-5(13)3-7(8)14/h1-4H. The largest absolute Gasteiger partial charge is 0.291 e. The van der Waals surface area contributed by atoms with Crippen LogP contribution in [0.1, 0.15) is 0 Å². The normalized spacial score (nSPS) is 10.6. The van der Waals surface area contributed by atoms with Gasteiger partial charge in [-0.05, 0) is 12.1 Å². The summed E-state index contributed by atoms with van der Waals surface area (Å²) in [5.74, 6) is -1.67. The Hall–Kier alpha value is -1.46. The fourth-order valence-electron chi connectivity index (χ4n) is 1.24. The van der Waals surface area contributed by atoms with Gasteiger partial charge < -0.3 is 0 Å². The van der Waals surface area contributed by atoms with Crippen molar-refractivity contribution in [2.45, 2.75) is 0 Å². The Morgan fingerprint density at radius 1 is 1.24 bits per heavy atom. The number of nitrogens with zero attached hydrogens (tertiary/aromatic N) is 2. The van der Waals surface area contributed by atoms with Crippen LogP contribution in [0, 0.1) is 11.6 Å². The number of rotatable bonds is 1. The summed E-state index contributed by atoms with van der Waals surface area (Å²) in [6.07, 6.45) is 1.11. The van der Waals surface area contributed by atoms with E-state index in [9.17, 15) is 13.6 Å². The molecule has 17 heavy (non-hydrogen) atoms. The molecule has 2 aromatic rings. The molecule has 0 saturated heterocycles. The number of hydrogen-bond acceptors (Lipinski definition) is 2. The van der Waals surface area contributed by atoms with Gasteiger partial charge in [0.2, 0.25) is 0 Å². The Labute approximate surface area is 104 Å². The quantitative estimate of drug-likeness (QED) is 0.803. The Bertz CT molecular complexity index is 643. The smallest absolute Gasteiger partial charge is 0.266 e. The van der Waals surface area contributed by atoms with Crippen LogP contribution in [-0.4, -0.2) is 9.78 Å². The fourth-order valence-corrected chi connectivity index (χ4v) is 1.49. The van der Waals surface area contributed by atoms with E-state index >= 15 is 0 Å². The molecule has 0 amide bonds. The van der Waals surface area contributed by atoms with E-state index in [1.165, 1.54) is 0 Å². The molecular formula is C10H4Cl2F2N2O. The van der Waals surface area contributed by atoms with Crippen LogP contribution in [0.2, 0.25) is 10.0 Å². The van der Waals surface area contributed by atoms with Crippen molar-refractivity contribution in [2.75, 3.05) is 0 Å². The lowest BCUT2D eigenvalue weighted by molar-refractivity contribution is 0.570. The molecule has 3 nitrogen and oxygen atoms in total. The van der Waals surface area contributed by atoms with Crippen LogP contribution in [0.15, 0.2) is 29.2 Å². The molecule has 0 N–H and O–H groups in total. The Kier molecular flexibility index (Phi) is 3.13. The second kappa shape index (κ2) is 4.43. The third kappa shape index (κ3) is 2.16. The second-order valence-corrected chi connectivity index (χ2v) is 3.90. The molecule has 1 aromatic heterocycles. The Morgan fingerprint density at radius 3 is 2.59 bits per heavy atom. The first-order valence-electron chi connectivity index (χ1n) is 4.39. The highest BCUT2D eigenvalue weighted by Crippen LogP contribution is 2.17. The van der Waals surface area contributed by atoms with Gasteiger partial charge in [-0.15, -0.1) is 0 Å². The zero-order valence-corrected chi connectivity index (χ0v) is 9.64. The monoisotopic (exact) mass is 276 g/mol. The minimum Gasteiger partial charge on any atom is -0.266 e. The lowest BCUT2D eigenvalue weighted by Gasteiger charge is -2.06. The van der Waals surface area contributed by atoms with Gasteiger partial charge in [-0.25, -0.2) is 8.78 Å². The van der Waals surface area contributed by atoms with E-state index in [-0.39, 0.29) is 15.7 Å². The highest BCUT2D eigenvalue weighted by atomic mass is 35.5. The predicted molar refractivity (Wildman–Crippen MR) is 59.8 cm³/mol. The summed E-state index contributed by atoms with van der Waals surface area (Å²) in [5, 5.41) is 3.32. The van der Waals surface area contributed by atoms with Crippen LogP contribution in [0.3, 0.4) is 0 Å². The average Bonchev–Trinajstić information content (AvgIpc) is 2.28. The summed E-state index contributed by atoms with van der Waals surface area (Å²) in [6.45, 7) is 0. The van der Waals surface area contributed by atoms with Gasteiger partial charge in [-0.1, -0.05) is 23.2 Å². The Morgan fingerprint density at radius 2 is 1.94 bits per heavy atom. The van der Waals surface area contributed by atoms with Crippen LogP contribution in [-0.2, 0) is 0 Å². The van der Waals surface area contributed by atoms with Crippen molar-refractivity contribution >= 4 is 23.2 Å². The second-order valence-electron chi connectivity index (χ2n) is 3.12. The summed E-state index contributed by atoms with van der Waals surface area (Å²) in [6, 6.07) is 2.74. The number of hydrogen-bond donors (Lipinski definition) is 0. The molecule has 88 valence electrons. The van der Waals surface area contributed by atoms with Crippen LogP contribution in [0.25, 0.3) is 5.69 Å². The van der Waals surface area contributed by atoms with Crippen molar-refractivity contribution in [3.05, 3.63) is 56.4 Å². The van der Waals surface area contributed by atoms with E-state index in [1.54, 1.807) is 0 Å². The lowest BCUT2D eigenvalue weighted by atomic mass is 10.3. The minimum absolute atomic E-state index is 0.0320. The molecule has 0 aliphatic rings. The third-order valence-corrected chi connectivity index (χ3v) is 2.76. The van der Waals surface area contributed by atoms with Gasteiger partial charge in [-0.2, -0.15) is 9.78 Å². The SMILES string of the molecule is O=c1c(Cl)c(Cl)cnn1-c1ccc(F)cc1F. The van der Waals surface area contributed by atoms with E-state index in [2.05, 4.69) is 5.10 Å². The van der Waals surface area contributed by atoms with E-state index in [4.69, 9.17) is 23.2 Å². The van der Waals surface area contributed by atoms with Crippen molar-refractivity contribution in [3.8, 4) is 5.69 Å². The van der Waals surface area contributed by atoms with Crippen LogP contribution >= 0.6 is 23.2 Å². The number of benzene rings is 1. The molecule has 0 aliphatic heterocycles. The van der Waals surface area contributed by atoms with E-state index in [0.717, 1.165) is 18.3 Å². The highest BCUT2D eigenvalue weighted by molar-refractivity contribution is 6.41.